The molecule has 0 aliphatic heterocycles. The van der Waals surface area contributed by atoms with E-state index in [-0.39, 0.29) is 5.91 Å². The van der Waals surface area contributed by atoms with Gasteiger partial charge in [-0.15, -0.1) is 10.2 Å². The standard InChI is InChI=1S/C21H33N7O2/c1-5-30-13-7-11-23-21(25-15-19-27-26-16(2)28(19)4)24-12-10-17-8-6-9-18(14-17)20(29)22-3/h6,8-9,14H,5,7,10-13,15H2,1-4H3,(H,22,29)(H2,23,24,25). The largest absolute Gasteiger partial charge is 0.382 e. The minimum absolute atomic E-state index is 0.0815. The zero-order valence-corrected chi connectivity index (χ0v) is 18.4. The molecule has 0 spiro atoms. The van der Waals surface area contributed by atoms with Crippen LogP contribution in [0.25, 0.3) is 0 Å². The number of rotatable bonds is 11. The zero-order chi connectivity index (χ0) is 21.8. The van der Waals surface area contributed by atoms with Crippen LogP contribution in [0.1, 0.15) is 40.9 Å². The molecule has 1 aromatic carbocycles. The summed E-state index contributed by atoms with van der Waals surface area (Å²) in [6.07, 6.45) is 1.67. The molecule has 0 saturated heterocycles. The van der Waals surface area contributed by atoms with Gasteiger partial charge in [-0.05, 0) is 44.4 Å². The van der Waals surface area contributed by atoms with Crippen molar-refractivity contribution in [2.24, 2.45) is 12.0 Å². The van der Waals surface area contributed by atoms with Crippen LogP contribution in [0.5, 0.6) is 0 Å². The molecule has 0 saturated carbocycles. The lowest BCUT2D eigenvalue weighted by atomic mass is 10.1. The molecular formula is C21H33N7O2. The van der Waals surface area contributed by atoms with Gasteiger partial charge in [-0.1, -0.05) is 12.1 Å². The SMILES string of the molecule is CCOCCCNC(=NCc1nnc(C)n1C)NCCc1cccc(C(=O)NC)c1. The first-order valence-electron chi connectivity index (χ1n) is 10.3. The van der Waals surface area contributed by atoms with Crippen molar-refractivity contribution in [1.29, 1.82) is 0 Å². The van der Waals surface area contributed by atoms with E-state index in [0.29, 0.717) is 25.3 Å². The van der Waals surface area contributed by atoms with Gasteiger partial charge in [-0.2, -0.15) is 0 Å². The van der Waals surface area contributed by atoms with Crippen LogP contribution in [-0.2, 0) is 24.8 Å². The predicted octanol–water partition coefficient (Wildman–Crippen LogP) is 1.19. The van der Waals surface area contributed by atoms with Crippen molar-refractivity contribution in [2.45, 2.75) is 33.2 Å². The van der Waals surface area contributed by atoms with E-state index in [9.17, 15) is 4.79 Å². The first-order chi connectivity index (χ1) is 14.5. The number of carbonyl (C=O) groups excluding carboxylic acids is 1. The van der Waals surface area contributed by atoms with E-state index in [1.165, 1.54) is 0 Å². The maximum atomic E-state index is 11.8. The molecule has 0 radical (unpaired) electrons. The molecule has 2 aromatic rings. The highest BCUT2D eigenvalue weighted by atomic mass is 16.5. The van der Waals surface area contributed by atoms with Crippen molar-refractivity contribution < 1.29 is 9.53 Å². The zero-order valence-electron chi connectivity index (χ0n) is 18.4. The summed E-state index contributed by atoms with van der Waals surface area (Å²) in [6.45, 7) is 7.22. The summed E-state index contributed by atoms with van der Waals surface area (Å²) in [4.78, 5) is 16.5. The molecule has 3 N–H and O–H groups in total. The Bertz CT molecular complexity index is 833. The van der Waals surface area contributed by atoms with Crippen molar-refractivity contribution in [3.63, 3.8) is 0 Å². The highest BCUT2D eigenvalue weighted by Crippen LogP contribution is 2.06. The monoisotopic (exact) mass is 415 g/mol. The van der Waals surface area contributed by atoms with Crippen LogP contribution >= 0.6 is 0 Å². The number of nitrogens with zero attached hydrogens (tertiary/aromatic N) is 4. The van der Waals surface area contributed by atoms with Crippen molar-refractivity contribution >= 4 is 11.9 Å². The van der Waals surface area contributed by atoms with Crippen molar-refractivity contribution in [3.05, 3.63) is 47.0 Å². The number of ether oxygens (including phenoxy) is 1. The predicted molar refractivity (Wildman–Crippen MR) is 118 cm³/mol. The van der Waals surface area contributed by atoms with Gasteiger partial charge in [-0.25, -0.2) is 4.99 Å². The van der Waals surface area contributed by atoms with Crippen LogP contribution in [0.15, 0.2) is 29.3 Å². The van der Waals surface area contributed by atoms with Gasteiger partial charge in [0.05, 0.1) is 0 Å². The molecule has 9 heteroatoms. The third-order valence-corrected chi connectivity index (χ3v) is 4.65. The number of aliphatic imine (C=N–C) groups is 1. The van der Waals surface area contributed by atoms with Gasteiger partial charge in [0.25, 0.3) is 5.91 Å². The first kappa shape index (κ1) is 23.3. The molecule has 1 amide bonds. The van der Waals surface area contributed by atoms with Crippen LogP contribution in [-0.4, -0.2) is 60.0 Å². The number of hydrogen-bond acceptors (Lipinski definition) is 5. The molecule has 1 heterocycles. The fourth-order valence-corrected chi connectivity index (χ4v) is 2.78. The minimum atomic E-state index is -0.0815. The summed E-state index contributed by atoms with van der Waals surface area (Å²) in [5.74, 6) is 2.30. The quantitative estimate of drug-likeness (QED) is 0.289. The number of carbonyl (C=O) groups is 1. The van der Waals surface area contributed by atoms with Crippen LogP contribution in [0.4, 0.5) is 0 Å². The van der Waals surface area contributed by atoms with E-state index >= 15 is 0 Å². The van der Waals surface area contributed by atoms with Gasteiger partial charge in [0.1, 0.15) is 12.4 Å². The average Bonchev–Trinajstić information content (AvgIpc) is 3.08. The second kappa shape index (κ2) is 12.6. The highest BCUT2D eigenvalue weighted by Gasteiger charge is 2.06. The molecule has 0 fully saturated rings. The van der Waals surface area contributed by atoms with Crippen LogP contribution in [0.2, 0.25) is 0 Å². The van der Waals surface area contributed by atoms with Crippen LogP contribution < -0.4 is 16.0 Å². The van der Waals surface area contributed by atoms with E-state index in [2.05, 4.69) is 31.1 Å². The lowest BCUT2D eigenvalue weighted by Crippen LogP contribution is -2.39. The number of nitrogens with one attached hydrogen (secondary N) is 3. The Balaban J connectivity index is 1.93. The Hall–Kier alpha value is -2.94. The third-order valence-electron chi connectivity index (χ3n) is 4.65. The Labute approximate surface area is 178 Å². The minimum Gasteiger partial charge on any atom is -0.382 e. The molecule has 9 nitrogen and oxygen atoms in total. The topological polar surface area (TPSA) is 105 Å². The molecule has 30 heavy (non-hydrogen) atoms. The van der Waals surface area contributed by atoms with Gasteiger partial charge in [-0.3, -0.25) is 4.79 Å². The number of benzene rings is 1. The second-order valence-corrected chi connectivity index (χ2v) is 6.82. The van der Waals surface area contributed by atoms with E-state index < -0.39 is 0 Å². The molecule has 1 aromatic heterocycles. The summed E-state index contributed by atoms with van der Waals surface area (Å²) < 4.78 is 7.32. The second-order valence-electron chi connectivity index (χ2n) is 6.82. The van der Waals surface area contributed by atoms with Gasteiger partial charge < -0.3 is 25.3 Å². The number of aromatic nitrogens is 3. The molecule has 0 aliphatic rings. The van der Waals surface area contributed by atoms with Gasteiger partial charge >= 0.3 is 0 Å². The fraction of sp³-hybridized carbons (Fsp3) is 0.524. The number of amides is 1. The molecule has 2 rings (SSSR count). The lowest BCUT2D eigenvalue weighted by Gasteiger charge is -2.13. The molecule has 0 atom stereocenters. The van der Waals surface area contributed by atoms with E-state index in [1.807, 2.05) is 49.7 Å². The first-order valence-corrected chi connectivity index (χ1v) is 10.3. The summed E-state index contributed by atoms with van der Waals surface area (Å²) in [5, 5.41) is 17.6. The molecule has 0 aliphatic carbocycles. The normalized spacial score (nSPS) is 11.4. The third kappa shape index (κ3) is 7.47. The maximum absolute atomic E-state index is 11.8. The molecule has 0 bridgehead atoms. The van der Waals surface area contributed by atoms with Crippen molar-refractivity contribution in [1.82, 2.24) is 30.7 Å². The van der Waals surface area contributed by atoms with Crippen LogP contribution in [0.3, 0.4) is 0 Å². The average molecular weight is 416 g/mol. The Morgan fingerprint density at radius 3 is 2.73 bits per heavy atom. The van der Waals surface area contributed by atoms with E-state index in [4.69, 9.17) is 4.74 Å². The fourth-order valence-electron chi connectivity index (χ4n) is 2.78. The van der Waals surface area contributed by atoms with Gasteiger partial charge in [0, 0.05) is 46.0 Å². The summed E-state index contributed by atoms with van der Waals surface area (Å²) in [5.41, 5.74) is 1.75. The van der Waals surface area contributed by atoms with Crippen molar-refractivity contribution in [3.8, 4) is 0 Å². The summed E-state index contributed by atoms with van der Waals surface area (Å²) >= 11 is 0. The Kier molecular flexibility index (Phi) is 9.79. The maximum Gasteiger partial charge on any atom is 0.251 e. The van der Waals surface area contributed by atoms with E-state index in [0.717, 1.165) is 49.2 Å². The number of guanidine groups is 1. The summed E-state index contributed by atoms with van der Waals surface area (Å²) in [6, 6.07) is 7.64. The molecule has 0 unspecified atom stereocenters. The Morgan fingerprint density at radius 1 is 1.23 bits per heavy atom. The van der Waals surface area contributed by atoms with E-state index in [1.54, 1.807) is 7.05 Å². The van der Waals surface area contributed by atoms with Crippen LogP contribution in [0, 0.1) is 6.92 Å². The van der Waals surface area contributed by atoms with Crippen molar-refractivity contribution in [2.75, 3.05) is 33.4 Å². The van der Waals surface area contributed by atoms with Gasteiger partial charge in [0.2, 0.25) is 0 Å². The number of hydrogen-bond donors (Lipinski definition) is 3. The molecule has 164 valence electrons. The summed E-state index contributed by atoms with van der Waals surface area (Å²) in [7, 11) is 3.57. The highest BCUT2D eigenvalue weighted by molar-refractivity contribution is 5.94. The lowest BCUT2D eigenvalue weighted by molar-refractivity contribution is 0.0963. The Morgan fingerprint density at radius 2 is 2.03 bits per heavy atom. The molecular weight excluding hydrogens is 382 g/mol. The smallest absolute Gasteiger partial charge is 0.251 e. The number of aryl methyl sites for hydroxylation is 1. The van der Waals surface area contributed by atoms with Gasteiger partial charge in [0.15, 0.2) is 11.8 Å².